The van der Waals surface area contributed by atoms with E-state index in [1.807, 2.05) is 36.4 Å². The van der Waals surface area contributed by atoms with Crippen LogP contribution in [0.3, 0.4) is 0 Å². The number of hydrogen-bond donors (Lipinski definition) is 1. The summed E-state index contributed by atoms with van der Waals surface area (Å²) in [5.74, 6) is 0. The molecule has 0 radical (unpaired) electrons. The number of aliphatic imine (C=N–C) groups is 1. The third kappa shape index (κ3) is 1.12. The molecule has 1 aromatic rings. The molecule has 1 atom stereocenters. The van der Waals surface area contributed by atoms with Crippen molar-refractivity contribution in [2.45, 2.75) is 12.5 Å². The highest BCUT2D eigenvalue weighted by Gasteiger charge is 2.34. The van der Waals surface area contributed by atoms with Crippen LogP contribution in [-0.2, 0) is 0 Å². The van der Waals surface area contributed by atoms with Crippen LogP contribution in [0.1, 0.15) is 12.5 Å². The van der Waals surface area contributed by atoms with E-state index in [1.165, 1.54) is 0 Å². The third-order valence-electron chi connectivity index (χ3n) is 2.84. The van der Waals surface area contributed by atoms with Crippen LogP contribution >= 0.6 is 0 Å². The van der Waals surface area contributed by atoms with Crippen molar-refractivity contribution < 1.29 is 5.11 Å². The van der Waals surface area contributed by atoms with Gasteiger partial charge in [-0.05, 0) is 19.1 Å². The van der Waals surface area contributed by atoms with Gasteiger partial charge in [-0.15, -0.1) is 0 Å². The largest absolute Gasteiger partial charge is 0.380 e. The zero-order chi connectivity index (χ0) is 10.5. The van der Waals surface area contributed by atoms with E-state index in [1.54, 1.807) is 13.0 Å². The van der Waals surface area contributed by atoms with Gasteiger partial charge in [0.1, 0.15) is 5.60 Å². The molecule has 2 nitrogen and oxygen atoms in total. The van der Waals surface area contributed by atoms with Gasteiger partial charge in [0.2, 0.25) is 0 Å². The van der Waals surface area contributed by atoms with Crippen LogP contribution in [0, 0.1) is 0 Å². The van der Waals surface area contributed by atoms with Crippen molar-refractivity contribution in [1.82, 2.24) is 0 Å². The van der Waals surface area contributed by atoms with E-state index >= 15 is 0 Å². The predicted molar refractivity (Wildman–Crippen MR) is 61.3 cm³/mol. The zero-order valence-corrected chi connectivity index (χ0v) is 8.44. The van der Waals surface area contributed by atoms with Crippen LogP contribution in [-0.4, -0.2) is 16.4 Å². The van der Waals surface area contributed by atoms with Crippen molar-refractivity contribution in [1.29, 1.82) is 0 Å². The molecule has 0 bridgehead atoms. The molecular formula is C13H11NO. The fourth-order valence-electron chi connectivity index (χ4n) is 2.07. The Morgan fingerprint density at radius 1 is 1.27 bits per heavy atom. The summed E-state index contributed by atoms with van der Waals surface area (Å²) in [6, 6.07) is 7.96. The number of fused-ring (bicyclic) bond motifs is 3. The summed E-state index contributed by atoms with van der Waals surface area (Å²) in [6.45, 7) is 1.77. The average Bonchev–Trinajstić information content (AvgIpc) is 2.58. The standard InChI is InChI=1S/C13H11NO/c1-13(15)8-4-6-10-9-5-2-3-7-11(9)14-12(10)13/h2-8,15H,1H3. The highest BCUT2D eigenvalue weighted by molar-refractivity contribution is 6.33. The average molecular weight is 197 g/mol. The van der Waals surface area contributed by atoms with Crippen LogP contribution in [0.5, 0.6) is 0 Å². The first-order valence-electron chi connectivity index (χ1n) is 4.99. The van der Waals surface area contributed by atoms with Gasteiger partial charge in [0.15, 0.2) is 0 Å². The molecule has 1 unspecified atom stereocenters. The second-order valence-electron chi connectivity index (χ2n) is 4.06. The lowest BCUT2D eigenvalue weighted by Gasteiger charge is -2.23. The minimum atomic E-state index is -0.941. The van der Waals surface area contributed by atoms with E-state index in [0.29, 0.717) is 0 Å². The fourth-order valence-corrected chi connectivity index (χ4v) is 2.07. The van der Waals surface area contributed by atoms with Crippen LogP contribution in [0.4, 0.5) is 5.69 Å². The van der Waals surface area contributed by atoms with Gasteiger partial charge in [-0.2, -0.15) is 0 Å². The summed E-state index contributed by atoms with van der Waals surface area (Å²) >= 11 is 0. The second-order valence-corrected chi connectivity index (χ2v) is 4.06. The second kappa shape index (κ2) is 2.67. The van der Waals surface area contributed by atoms with Gasteiger partial charge in [0.05, 0.1) is 11.4 Å². The van der Waals surface area contributed by atoms with E-state index in [0.717, 1.165) is 22.5 Å². The Morgan fingerprint density at radius 2 is 2.07 bits per heavy atom. The maximum absolute atomic E-state index is 10.2. The minimum absolute atomic E-state index is 0.756. The lowest BCUT2D eigenvalue weighted by atomic mass is 9.87. The number of hydrogen-bond acceptors (Lipinski definition) is 2. The summed E-state index contributed by atoms with van der Waals surface area (Å²) in [7, 11) is 0. The Kier molecular flexibility index (Phi) is 1.54. The van der Waals surface area contributed by atoms with Crippen molar-refractivity contribution in [3.05, 3.63) is 48.1 Å². The maximum Gasteiger partial charge on any atom is 0.123 e. The van der Waals surface area contributed by atoms with E-state index in [2.05, 4.69) is 4.99 Å². The first-order chi connectivity index (χ1) is 7.18. The fraction of sp³-hybridized carbons (Fsp3) is 0.154. The Morgan fingerprint density at radius 3 is 2.93 bits per heavy atom. The predicted octanol–water partition coefficient (Wildman–Crippen LogP) is 2.48. The Labute approximate surface area is 88.3 Å². The first kappa shape index (κ1) is 8.62. The maximum atomic E-state index is 10.2. The van der Waals surface area contributed by atoms with E-state index < -0.39 is 5.60 Å². The molecule has 74 valence electrons. The van der Waals surface area contributed by atoms with Crippen LogP contribution in [0.2, 0.25) is 0 Å². The topological polar surface area (TPSA) is 32.6 Å². The summed E-state index contributed by atoms with van der Waals surface area (Å²) in [5.41, 5.74) is 2.91. The van der Waals surface area contributed by atoms with Gasteiger partial charge < -0.3 is 5.11 Å². The van der Waals surface area contributed by atoms with Crippen molar-refractivity contribution in [3.63, 3.8) is 0 Å². The SMILES string of the molecule is CC1(O)C=CC=C2C1=Nc1ccccc12. The zero-order valence-electron chi connectivity index (χ0n) is 8.44. The van der Waals surface area contributed by atoms with E-state index in [-0.39, 0.29) is 0 Å². The summed E-state index contributed by atoms with van der Waals surface area (Å²) in [6.07, 6.45) is 5.65. The molecule has 3 rings (SSSR count). The highest BCUT2D eigenvalue weighted by atomic mass is 16.3. The quantitative estimate of drug-likeness (QED) is 0.680. The molecule has 0 fully saturated rings. The molecule has 15 heavy (non-hydrogen) atoms. The highest BCUT2D eigenvalue weighted by Crippen LogP contribution is 2.39. The van der Waals surface area contributed by atoms with Crippen molar-refractivity contribution >= 4 is 17.0 Å². The molecule has 0 saturated carbocycles. The van der Waals surface area contributed by atoms with Gasteiger partial charge in [-0.3, -0.25) is 0 Å². The Bertz CT molecular complexity index is 521. The molecule has 1 aliphatic carbocycles. The minimum Gasteiger partial charge on any atom is -0.380 e. The van der Waals surface area contributed by atoms with Gasteiger partial charge >= 0.3 is 0 Å². The molecular weight excluding hydrogens is 186 g/mol. The molecule has 1 aromatic carbocycles. The molecule has 2 aliphatic rings. The Balaban J connectivity index is 2.25. The molecule has 1 N–H and O–H groups in total. The van der Waals surface area contributed by atoms with Crippen molar-refractivity contribution in [2.75, 3.05) is 0 Å². The number of rotatable bonds is 0. The Hall–Kier alpha value is -1.67. The van der Waals surface area contributed by atoms with Gasteiger partial charge in [0, 0.05) is 11.1 Å². The summed E-state index contributed by atoms with van der Waals surface area (Å²) in [4.78, 5) is 4.47. The molecule has 1 aliphatic heterocycles. The number of allylic oxidation sites excluding steroid dienone is 2. The lowest BCUT2D eigenvalue weighted by Crippen LogP contribution is -2.33. The van der Waals surface area contributed by atoms with Crippen molar-refractivity contribution in [3.8, 4) is 0 Å². The molecule has 0 saturated heterocycles. The van der Waals surface area contributed by atoms with Crippen molar-refractivity contribution in [2.24, 2.45) is 4.99 Å². The van der Waals surface area contributed by atoms with Gasteiger partial charge in [-0.1, -0.05) is 30.4 Å². The summed E-state index contributed by atoms with van der Waals surface area (Å²) in [5, 5.41) is 10.2. The van der Waals surface area contributed by atoms with Gasteiger partial charge in [0.25, 0.3) is 0 Å². The van der Waals surface area contributed by atoms with Crippen LogP contribution < -0.4 is 0 Å². The number of aliphatic hydroxyl groups is 1. The molecule has 0 spiro atoms. The number of benzene rings is 1. The van der Waals surface area contributed by atoms with Crippen LogP contribution in [0.25, 0.3) is 5.57 Å². The van der Waals surface area contributed by atoms with Crippen LogP contribution in [0.15, 0.2) is 47.5 Å². The van der Waals surface area contributed by atoms with Gasteiger partial charge in [-0.25, -0.2) is 4.99 Å². The molecule has 2 heteroatoms. The number of para-hydroxylation sites is 1. The smallest absolute Gasteiger partial charge is 0.123 e. The molecule has 0 aromatic heterocycles. The summed E-state index contributed by atoms with van der Waals surface area (Å²) < 4.78 is 0. The first-order valence-corrected chi connectivity index (χ1v) is 4.99. The number of nitrogens with zero attached hydrogens (tertiary/aromatic N) is 1. The normalized spacial score (nSPS) is 26.8. The van der Waals surface area contributed by atoms with E-state index in [4.69, 9.17) is 0 Å². The monoisotopic (exact) mass is 197 g/mol. The van der Waals surface area contributed by atoms with E-state index in [9.17, 15) is 5.11 Å². The molecule has 0 amide bonds. The lowest BCUT2D eigenvalue weighted by molar-refractivity contribution is 0.186. The molecule has 1 heterocycles. The third-order valence-corrected chi connectivity index (χ3v) is 2.84.